The van der Waals surface area contributed by atoms with Crippen molar-refractivity contribution < 1.29 is 4.79 Å². The fourth-order valence-corrected chi connectivity index (χ4v) is 3.31. The largest absolute Gasteiger partial charge is 0.342 e. The molecule has 2 heterocycles. The molecule has 0 spiro atoms. The third-order valence-electron chi connectivity index (χ3n) is 3.93. The predicted octanol–water partition coefficient (Wildman–Crippen LogP) is 3.02. The second-order valence-corrected chi connectivity index (χ2v) is 8.01. The first-order valence-electron chi connectivity index (χ1n) is 7.16. The van der Waals surface area contributed by atoms with Crippen molar-refractivity contribution in [2.45, 2.75) is 46.0 Å². The standard InChI is InChI=1S/C15H25N3OS.2ClH/c1-14(2,3)13-17-11(8-20-13)7-12(19)18-6-5-15(4,9-16)10-18;;/h8H,5-7,9-10,16H2,1-4H3;2*1H. The topological polar surface area (TPSA) is 59.2 Å². The number of likely N-dealkylation sites (tertiary alicyclic amines) is 1. The van der Waals surface area contributed by atoms with Gasteiger partial charge in [0.15, 0.2) is 0 Å². The summed E-state index contributed by atoms with van der Waals surface area (Å²) in [5.41, 5.74) is 6.83. The van der Waals surface area contributed by atoms with Crippen LogP contribution >= 0.6 is 36.2 Å². The Morgan fingerprint density at radius 2 is 2.09 bits per heavy atom. The summed E-state index contributed by atoms with van der Waals surface area (Å²) in [4.78, 5) is 18.9. The van der Waals surface area contributed by atoms with E-state index in [2.05, 4.69) is 32.7 Å². The van der Waals surface area contributed by atoms with Gasteiger partial charge in [0.25, 0.3) is 0 Å². The molecule has 1 atom stereocenters. The van der Waals surface area contributed by atoms with Crippen LogP contribution in [0.15, 0.2) is 5.38 Å². The summed E-state index contributed by atoms with van der Waals surface area (Å²) in [6, 6.07) is 0. The Bertz CT molecular complexity index is 501. The highest BCUT2D eigenvalue weighted by Crippen LogP contribution is 2.29. The zero-order valence-corrected chi connectivity index (χ0v) is 16.2. The maximum atomic E-state index is 12.3. The quantitative estimate of drug-likeness (QED) is 0.892. The van der Waals surface area contributed by atoms with Gasteiger partial charge in [0.1, 0.15) is 0 Å². The highest BCUT2D eigenvalue weighted by atomic mass is 35.5. The minimum Gasteiger partial charge on any atom is -0.342 e. The highest BCUT2D eigenvalue weighted by molar-refractivity contribution is 7.09. The van der Waals surface area contributed by atoms with Gasteiger partial charge in [0, 0.05) is 23.9 Å². The molecule has 1 unspecified atom stereocenters. The van der Waals surface area contributed by atoms with Gasteiger partial charge >= 0.3 is 0 Å². The summed E-state index contributed by atoms with van der Waals surface area (Å²) in [5.74, 6) is 0.174. The highest BCUT2D eigenvalue weighted by Gasteiger charge is 2.34. The Hall–Kier alpha value is -0.360. The van der Waals surface area contributed by atoms with E-state index in [0.29, 0.717) is 13.0 Å². The Kier molecular flexibility index (Phi) is 7.82. The fraction of sp³-hybridized carbons (Fsp3) is 0.733. The molecule has 1 aliphatic rings. The maximum Gasteiger partial charge on any atom is 0.228 e. The molecule has 128 valence electrons. The molecular formula is C15H27Cl2N3OS. The van der Waals surface area contributed by atoms with Gasteiger partial charge in [-0.1, -0.05) is 27.7 Å². The summed E-state index contributed by atoms with van der Waals surface area (Å²) in [6.07, 6.45) is 1.41. The van der Waals surface area contributed by atoms with Gasteiger partial charge < -0.3 is 10.6 Å². The molecule has 1 fully saturated rings. The number of halogens is 2. The Morgan fingerprint density at radius 3 is 2.55 bits per heavy atom. The molecule has 22 heavy (non-hydrogen) atoms. The third kappa shape index (κ3) is 5.08. The summed E-state index contributed by atoms with van der Waals surface area (Å²) < 4.78 is 0. The maximum absolute atomic E-state index is 12.3. The number of nitrogens with two attached hydrogens (primary N) is 1. The molecule has 7 heteroatoms. The number of amides is 1. The first kappa shape index (κ1) is 21.6. The lowest BCUT2D eigenvalue weighted by Gasteiger charge is -2.22. The number of aromatic nitrogens is 1. The molecule has 0 saturated carbocycles. The lowest BCUT2D eigenvalue weighted by atomic mass is 9.90. The lowest BCUT2D eigenvalue weighted by Crippen LogP contribution is -2.35. The van der Waals surface area contributed by atoms with E-state index in [1.54, 1.807) is 11.3 Å². The van der Waals surface area contributed by atoms with Crippen LogP contribution in [0.25, 0.3) is 0 Å². The molecular weight excluding hydrogens is 341 g/mol. The van der Waals surface area contributed by atoms with Crippen LogP contribution in [0.1, 0.15) is 44.8 Å². The zero-order valence-electron chi connectivity index (χ0n) is 13.7. The molecule has 1 saturated heterocycles. The number of hydrogen-bond donors (Lipinski definition) is 1. The van der Waals surface area contributed by atoms with Crippen LogP contribution in [0.5, 0.6) is 0 Å². The van der Waals surface area contributed by atoms with Gasteiger partial charge in [0.05, 0.1) is 17.1 Å². The van der Waals surface area contributed by atoms with Crippen molar-refractivity contribution in [1.82, 2.24) is 9.88 Å². The van der Waals surface area contributed by atoms with E-state index in [4.69, 9.17) is 5.73 Å². The summed E-state index contributed by atoms with van der Waals surface area (Å²) in [6.45, 7) is 10.8. The molecule has 1 aromatic heterocycles. The van der Waals surface area contributed by atoms with Crippen molar-refractivity contribution in [3.8, 4) is 0 Å². The van der Waals surface area contributed by atoms with Crippen LogP contribution in [-0.4, -0.2) is 35.4 Å². The monoisotopic (exact) mass is 367 g/mol. The summed E-state index contributed by atoms with van der Waals surface area (Å²) >= 11 is 1.64. The normalized spacial score (nSPS) is 21.2. The molecule has 0 aromatic carbocycles. The van der Waals surface area contributed by atoms with E-state index in [9.17, 15) is 4.79 Å². The van der Waals surface area contributed by atoms with Crippen molar-refractivity contribution in [1.29, 1.82) is 0 Å². The van der Waals surface area contributed by atoms with Crippen LogP contribution in [-0.2, 0) is 16.6 Å². The minimum absolute atomic E-state index is 0. The lowest BCUT2D eigenvalue weighted by molar-refractivity contribution is -0.129. The van der Waals surface area contributed by atoms with E-state index < -0.39 is 0 Å². The van der Waals surface area contributed by atoms with Crippen LogP contribution < -0.4 is 5.73 Å². The Labute approximate surface area is 149 Å². The number of carbonyl (C=O) groups is 1. The van der Waals surface area contributed by atoms with Crippen LogP contribution in [0.2, 0.25) is 0 Å². The average molecular weight is 368 g/mol. The molecule has 4 nitrogen and oxygen atoms in total. The summed E-state index contributed by atoms with van der Waals surface area (Å²) in [5, 5.41) is 3.10. The fourth-order valence-electron chi connectivity index (χ4n) is 2.40. The first-order chi connectivity index (χ1) is 9.23. The smallest absolute Gasteiger partial charge is 0.228 e. The number of nitrogens with zero attached hydrogens (tertiary/aromatic N) is 2. The van der Waals surface area contributed by atoms with Crippen LogP contribution in [0.4, 0.5) is 0 Å². The molecule has 1 aliphatic heterocycles. The van der Waals surface area contributed by atoms with Gasteiger partial charge in [-0.25, -0.2) is 4.98 Å². The van der Waals surface area contributed by atoms with Gasteiger partial charge in [-0.05, 0) is 18.4 Å². The van der Waals surface area contributed by atoms with E-state index >= 15 is 0 Å². The van der Waals surface area contributed by atoms with Crippen molar-refractivity contribution in [2.24, 2.45) is 11.1 Å². The number of hydrogen-bond acceptors (Lipinski definition) is 4. The SMILES string of the molecule is CC1(CN)CCN(C(=O)Cc2csc(C(C)(C)C)n2)C1.Cl.Cl. The van der Waals surface area contributed by atoms with Crippen LogP contribution in [0, 0.1) is 5.41 Å². The molecule has 2 N–H and O–H groups in total. The van der Waals surface area contributed by atoms with Gasteiger partial charge in [0.2, 0.25) is 5.91 Å². The van der Waals surface area contributed by atoms with E-state index in [0.717, 1.165) is 30.2 Å². The molecule has 0 aliphatic carbocycles. The molecule has 0 radical (unpaired) electrons. The van der Waals surface area contributed by atoms with E-state index in [1.165, 1.54) is 0 Å². The molecule has 2 rings (SSSR count). The van der Waals surface area contributed by atoms with E-state index in [-0.39, 0.29) is 41.6 Å². The van der Waals surface area contributed by atoms with Crippen LogP contribution in [0.3, 0.4) is 0 Å². The number of carbonyl (C=O) groups excluding carboxylic acids is 1. The van der Waals surface area contributed by atoms with Crippen molar-refractivity contribution >= 4 is 42.1 Å². The molecule has 1 aromatic rings. The Balaban J connectivity index is 0.00000220. The first-order valence-corrected chi connectivity index (χ1v) is 8.04. The average Bonchev–Trinajstić information content (AvgIpc) is 2.96. The van der Waals surface area contributed by atoms with Gasteiger partial charge in [-0.3, -0.25) is 4.79 Å². The van der Waals surface area contributed by atoms with Gasteiger partial charge in [-0.15, -0.1) is 36.2 Å². The van der Waals surface area contributed by atoms with E-state index in [1.807, 2.05) is 10.3 Å². The second kappa shape index (κ2) is 7.95. The summed E-state index contributed by atoms with van der Waals surface area (Å²) in [7, 11) is 0. The molecule has 1 amide bonds. The van der Waals surface area contributed by atoms with Crippen molar-refractivity contribution in [3.63, 3.8) is 0 Å². The number of thiazole rings is 1. The predicted molar refractivity (Wildman–Crippen MR) is 97.4 cm³/mol. The van der Waals surface area contributed by atoms with Gasteiger partial charge in [-0.2, -0.15) is 0 Å². The number of rotatable bonds is 3. The molecule has 0 bridgehead atoms. The Morgan fingerprint density at radius 1 is 1.45 bits per heavy atom. The van der Waals surface area contributed by atoms with Crippen molar-refractivity contribution in [3.05, 3.63) is 16.1 Å². The second-order valence-electron chi connectivity index (χ2n) is 7.15. The van der Waals surface area contributed by atoms with Crippen molar-refractivity contribution in [2.75, 3.05) is 19.6 Å². The minimum atomic E-state index is 0. The zero-order chi connectivity index (χ0) is 15.0. The third-order valence-corrected chi connectivity index (χ3v) is 5.25.